The molecule has 0 spiro atoms. The number of ketones is 1. The Kier molecular flexibility index (Phi) is 7.45. The van der Waals surface area contributed by atoms with Crippen molar-refractivity contribution in [2.24, 2.45) is 0 Å². The second kappa shape index (κ2) is 10.9. The molecule has 1 amide bonds. The third-order valence-corrected chi connectivity index (χ3v) is 5.47. The van der Waals surface area contributed by atoms with Gasteiger partial charge in [0, 0.05) is 16.1 Å². The van der Waals surface area contributed by atoms with Crippen molar-refractivity contribution in [3.05, 3.63) is 118 Å². The summed E-state index contributed by atoms with van der Waals surface area (Å²) in [5.74, 6) is 0.647. The molecule has 0 bridgehead atoms. The first kappa shape index (κ1) is 23.3. The molecular weight excluding hydrogens is 450 g/mol. The normalized spacial score (nSPS) is 10.6. The van der Waals surface area contributed by atoms with Crippen LogP contribution in [-0.2, 0) is 13.0 Å². The van der Waals surface area contributed by atoms with Crippen molar-refractivity contribution in [1.29, 1.82) is 0 Å². The summed E-state index contributed by atoms with van der Waals surface area (Å²) in [4.78, 5) is 25.8. The molecule has 0 radical (unpaired) electrons. The highest BCUT2D eigenvalue weighted by molar-refractivity contribution is 6.31. The van der Waals surface area contributed by atoms with Crippen LogP contribution in [0.2, 0.25) is 5.02 Å². The number of hydrogen-bond acceptors (Lipinski definition) is 4. The number of furan rings is 1. The fourth-order valence-corrected chi connectivity index (χ4v) is 3.69. The van der Waals surface area contributed by atoms with Gasteiger partial charge < -0.3 is 14.5 Å². The minimum atomic E-state index is -0.473. The molecule has 34 heavy (non-hydrogen) atoms. The van der Waals surface area contributed by atoms with Crippen LogP contribution in [0.25, 0.3) is 0 Å². The van der Waals surface area contributed by atoms with Gasteiger partial charge in [0.1, 0.15) is 18.1 Å². The third-order valence-electron chi connectivity index (χ3n) is 5.24. The fourth-order valence-electron chi connectivity index (χ4n) is 3.52. The standard InChI is InChI=1S/C28H24ClNO4/c1-2-6-19-9-12-22(13-10-19)33-18-23-14-16-26(34-23)28(32)30-25-15-11-21(29)17-24(25)27(31)20-7-4-3-5-8-20/h3-5,7-17H,2,6,18H2,1H3,(H,30,32). The van der Waals surface area contributed by atoms with Crippen molar-refractivity contribution in [3.63, 3.8) is 0 Å². The highest BCUT2D eigenvalue weighted by Crippen LogP contribution is 2.25. The lowest BCUT2D eigenvalue weighted by molar-refractivity contribution is 0.0992. The number of benzene rings is 3. The van der Waals surface area contributed by atoms with Gasteiger partial charge in [-0.05, 0) is 54.4 Å². The molecule has 0 unspecified atom stereocenters. The Morgan fingerprint density at radius 2 is 1.71 bits per heavy atom. The Hall–Kier alpha value is -3.83. The van der Waals surface area contributed by atoms with Gasteiger partial charge in [-0.25, -0.2) is 0 Å². The van der Waals surface area contributed by atoms with Crippen LogP contribution >= 0.6 is 11.6 Å². The zero-order valence-electron chi connectivity index (χ0n) is 18.7. The van der Waals surface area contributed by atoms with E-state index in [1.807, 2.05) is 30.3 Å². The van der Waals surface area contributed by atoms with Crippen LogP contribution in [0.1, 0.15) is 51.1 Å². The average Bonchev–Trinajstić information content (AvgIpc) is 3.34. The van der Waals surface area contributed by atoms with Gasteiger partial charge in [0.15, 0.2) is 11.5 Å². The first-order valence-electron chi connectivity index (χ1n) is 11.0. The SMILES string of the molecule is CCCc1ccc(OCc2ccc(C(=O)Nc3ccc(Cl)cc3C(=O)c3ccccc3)o2)cc1. The Bertz CT molecular complexity index is 1280. The monoisotopic (exact) mass is 473 g/mol. The van der Waals surface area contributed by atoms with Crippen LogP contribution in [0.4, 0.5) is 5.69 Å². The fraction of sp³-hybridized carbons (Fsp3) is 0.143. The van der Waals surface area contributed by atoms with Gasteiger partial charge in [-0.1, -0.05) is 67.4 Å². The summed E-state index contributed by atoms with van der Waals surface area (Å²) in [5, 5.41) is 3.16. The molecule has 4 aromatic rings. The topological polar surface area (TPSA) is 68.5 Å². The highest BCUT2D eigenvalue weighted by atomic mass is 35.5. The second-order valence-electron chi connectivity index (χ2n) is 7.79. The lowest BCUT2D eigenvalue weighted by Crippen LogP contribution is -2.14. The summed E-state index contributed by atoms with van der Waals surface area (Å²) in [6.07, 6.45) is 2.12. The quantitative estimate of drug-likeness (QED) is 0.267. The van der Waals surface area contributed by atoms with E-state index in [1.165, 1.54) is 5.56 Å². The van der Waals surface area contributed by atoms with E-state index in [1.54, 1.807) is 54.6 Å². The summed E-state index contributed by atoms with van der Waals surface area (Å²) in [6, 6.07) is 24.8. The van der Waals surface area contributed by atoms with Crippen molar-refractivity contribution >= 4 is 29.0 Å². The minimum Gasteiger partial charge on any atom is -0.486 e. The first-order valence-corrected chi connectivity index (χ1v) is 11.4. The van der Waals surface area contributed by atoms with Gasteiger partial charge in [-0.3, -0.25) is 9.59 Å². The van der Waals surface area contributed by atoms with Crippen molar-refractivity contribution in [1.82, 2.24) is 0 Å². The molecule has 5 nitrogen and oxygen atoms in total. The average molecular weight is 474 g/mol. The molecule has 4 rings (SSSR count). The maximum atomic E-state index is 13.0. The van der Waals surface area contributed by atoms with E-state index < -0.39 is 5.91 Å². The molecule has 0 aliphatic rings. The van der Waals surface area contributed by atoms with Crippen molar-refractivity contribution in [3.8, 4) is 5.75 Å². The Morgan fingerprint density at radius 3 is 2.44 bits per heavy atom. The summed E-state index contributed by atoms with van der Waals surface area (Å²) in [7, 11) is 0. The highest BCUT2D eigenvalue weighted by Gasteiger charge is 2.18. The summed E-state index contributed by atoms with van der Waals surface area (Å²) in [5.41, 5.74) is 2.41. The predicted octanol–water partition coefficient (Wildman–Crippen LogP) is 6.95. The van der Waals surface area contributed by atoms with E-state index in [-0.39, 0.29) is 18.2 Å². The number of rotatable bonds is 9. The van der Waals surface area contributed by atoms with Crippen molar-refractivity contribution in [2.45, 2.75) is 26.4 Å². The summed E-state index contributed by atoms with van der Waals surface area (Å²) < 4.78 is 11.4. The zero-order chi connectivity index (χ0) is 23.9. The van der Waals surface area contributed by atoms with Crippen LogP contribution in [0.3, 0.4) is 0 Å². The molecule has 0 saturated carbocycles. The van der Waals surface area contributed by atoms with E-state index in [4.69, 9.17) is 20.8 Å². The number of ether oxygens (including phenoxy) is 1. The van der Waals surface area contributed by atoms with Gasteiger partial charge >= 0.3 is 0 Å². The molecule has 0 atom stereocenters. The number of amides is 1. The molecule has 1 heterocycles. The lowest BCUT2D eigenvalue weighted by Gasteiger charge is -2.10. The smallest absolute Gasteiger partial charge is 0.291 e. The number of aryl methyl sites for hydroxylation is 1. The van der Waals surface area contributed by atoms with E-state index >= 15 is 0 Å². The number of hydrogen-bond donors (Lipinski definition) is 1. The minimum absolute atomic E-state index is 0.116. The molecule has 1 N–H and O–H groups in total. The largest absolute Gasteiger partial charge is 0.486 e. The van der Waals surface area contributed by atoms with Crippen LogP contribution < -0.4 is 10.1 Å². The van der Waals surface area contributed by atoms with Gasteiger partial charge in [0.25, 0.3) is 5.91 Å². The molecule has 3 aromatic carbocycles. The van der Waals surface area contributed by atoms with Crippen LogP contribution in [0.5, 0.6) is 5.75 Å². The molecule has 0 saturated heterocycles. The maximum absolute atomic E-state index is 13.0. The lowest BCUT2D eigenvalue weighted by atomic mass is 10.0. The Balaban J connectivity index is 1.43. The number of nitrogens with one attached hydrogen (secondary N) is 1. The first-order chi connectivity index (χ1) is 16.5. The molecular formula is C28H24ClNO4. The Labute approximate surface area is 203 Å². The van der Waals surface area contributed by atoms with E-state index in [9.17, 15) is 9.59 Å². The predicted molar refractivity (Wildman–Crippen MR) is 133 cm³/mol. The van der Waals surface area contributed by atoms with Crippen molar-refractivity contribution < 1.29 is 18.7 Å². The van der Waals surface area contributed by atoms with E-state index in [0.29, 0.717) is 27.6 Å². The molecule has 6 heteroatoms. The number of carbonyl (C=O) groups excluding carboxylic acids is 2. The Morgan fingerprint density at radius 1 is 0.941 bits per heavy atom. The van der Waals surface area contributed by atoms with Crippen molar-refractivity contribution in [2.75, 3.05) is 5.32 Å². The number of anilines is 1. The van der Waals surface area contributed by atoms with Gasteiger partial charge in [0.05, 0.1) is 5.69 Å². The van der Waals surface area contributed by atoms with Gasteiger partial charge in [0.2, 0.25) is 0 Å². The third kappa shape index (κ3) is 5.74. The zero-order valence-corrected chi connectivity index (χ0v) is 19.5. The van der Waals surface area contributed by atoms with Gasteiger partial charge in [-0.2, -0.15) is 0 Å². The van der Waals surface area contributed by atoms with Gasteiger partial charge in [-0.15, -0.1) is 0 Å². The summed E-state index contributed by atoms with van der Waals surface area (Å²) >= 11 is 6.12. The van der Waals surface area contributed by atoms with Crippen LogP contribution in [0.15, 0.2) is 89.3 Å². The van der Waals surface area contributed by atoms with E-state index in [2.05, 4.69) is 12.2 Å². The molecule has 0 aliphatic carbocycles. The second-order valence-corrected chi connectivity index (χ2v) is 8.22. The molecule has 1 aromatic heterocycles. The number of halogens is 1. The maximum Gasteiger partial charge on any atom is 0.291 e. The molecule has 0 aliphatic heterocycles. The van der Waals surface area contributed by atoms with E-state index in [0.717, 1.165) is 18.6 Å². The summed E-state index contributed by atoms with van der Waals surface area (Å²) in [6.45, 7) is 2.34. The molecule has 172 valence electrons. The number of carbonyl (C=O) groups is 2. The van der Waals surface area contributed by atoms with Crippen LogP contribution in [-0.4, -0.2) is 11.7 Å². The molecule has 0 fully saturated rings. The van der Waals surface area contributed by atoms with Crippen LogP contribution in [0, 0.1) is 0 Å².